The highest BCUT2D eigenvalue weighted by Crippen LogP contribution is 2.34. The summed E-state index contributed by atoms with van der Waals surface area (Å²) < 4.78 is 23.8. The molecule has 0 saturated heterocycles. The molecule has 0 atom stereocenters. The first-order chi connectivity index (χ1) is 6.81. The molecule has 0 unspecified atom stereocenters. The maximum Gasteiger partial charge on any atom is 0.325 e. The Morgan fingerprint density at radius 1 is 1.27 bits per heavy atom. The van der Waals surface area contributed by atoms with Crippen LogP contribution in [0.4, 0.5) is 0 Å². The van der Waals surface area contributed by atoms with Gasteiger partial charge < -0.3 is 5.11 Å². The van der Waals surface area contributed by atoms with Gasteiger partial charge in [0.1, 0.15) is 5.54 Å². The van der Waals surface area contributed by atoms with Crippen LogP contribution in [-0.2, 0) is 14.8 Å². The quantitative estimate of drug-likeness (QED) is 0.780. The van der Waals surface area contributed by atoms with Crippen molar-refractivity contribution in [2.75, 3.05) is 13.3 Å². The smallest absolute Gasteiger partial charge is 0.325 e. The van der Waals surface area contributed by atoms with Gasteiger partial charge in [-0.1, -0.05) is 19.3 Å². The molecule has 0 heterocycles. The van der Waals surface area contributed by atoms with Gasteiger partial charge in [0, 0.05) is 7.05 Å². The predicted octanol–water partition coefficient (Wildman–Crippen LogP) is 0.665. The number of likely N-dealkylation sites (N-methyl/N-ethyl adjacent to an activating group) is 1. The predicted molar refractivity (Wildman–Crippen MR) is 56.1 cm³/mol. The summed E-state index contributed by atoms with van der Waals surface area (Å²) >= 11 is 0. The first kappa shape index (κ1) is 12.4. The van der Waals surface area contributed by atoms with Crippen molar-refractivity contribution in [3.63, 3.8) is 0 Å². The fourth-order valence-corrected chi connectivity index (χ4v) is 3.01. The van der Waals surface area contributed by atoms with Crippen molar-refractivity contribution in [1.82, 2.24) is 4.31 Å². The number of rotatable bonds is 3. The van der Waals surface area contributed by atoms with Gasteiger partial charge in [-0.15, -0.1) is 0 Å². The van der Waals surface area contributed by atoms with Crippen molar-refractivity contribution in [3.8, 4) is 0 Å². The SMILES string of the molecule is CN(C1(C(=O)O)CCCCC1)S(C)(=O)=O. The molecule has 0 aliphatic heterocycles. The van der Waals surface area contributed by atoms with Crippen LogP contribution in [0, 0.1) is 0 Å². The molecule has 0 aromatic carbocycles. The Morgan fingerprint density at radius 2 is 1.73 bits per heavy atom. The molecule has 0 bridgehead atoms. The van der Waals surface area contributed by atoms with Crippen molar-refractivity contribution >= 4 is 16.0 Å². The van der Waals surface area contributed by atoms with Gasteiger partial charge in [0.05, 0.1) is 6.26 Å². The van der Waals surface area contributed by atoms with E-state index in [-0.39, 0.29) is 0 Å². The number of hydrogen-bond donors (Lipinski definition) is 1. The van der Waals surface area contributed by atoms with E-state index in [4.69, 9.17) is 0 Å². The molecule has 0 spiro atoms. The summed E-state index contributed by atoms with van der Waals surface area (Å²) in [7, 11) is -2.10. The molecule has 15 heavy (non-hydrogen) atoms. The fourth-order valence-electron chi connectivity index (χ4n) is 2.12. The summed E-state index contributed by atoms with van der Waals surface area (Å²) in [5, 5.41) is 9.22. The highest BCUT2D eigenvalue weighted by atomic mass is 32.2. The van der Waals surface area contributed by atoms with E-state index in [1.807, 2.05) is 0 Å². The standard InChI is InChI=1S/C9H17NO4S/c1-10(15(2,13)14)9(8(11)12)6-4-3-5-7-9/h3-7H2,1-2H3,(H,11,12). The minimum absolute atomic E-state index is 0.409. The highest BCUT2D eigenvalue weighted by molar-refractivity contribution is 7.88. The fraction of sp³-hybridized carbons (Fsp3) is 0.889. The van der Waals surface area contributed by atoms with E-state index in [2.05, 4.69) is 0 Å². The topological polar surface area (TPSA) is 74.7 Å². The molecule has 1 rings (SSSR count). The van der Waals surface area contributed by atoms with Gasteiger partial charge in [-0.25, -0.2) is 8.42 Å². The zero-order valence-electron chi connectivity index (χ0n) is 9.06. The lowest BCUT2D eigenvalue weighted by Gasteiger charge is -2.39. The van der Waals surface area contributed by atoms with Gasteiger partial charge in [-0.2, -0.15) is 4.31 Å². The Bertz CT molecular complexity index is 343. The highest BCUT2D eigenvalue weighted by Gasteiger charge is 2.46. The van der Waals surface area contributed by atoms with E-state index in [1.165, 1.54) is 7.05 Å². The summed E-state index contributed by atoms with van der Waals surface area (Å²) in [6.07, 6.45) is 4.38. The van der Waals surface area contributed by atoms with Crippen molar-refractivity contribution in [1.29, 1.82) is 0 Å². The molecule has 1 aliphatic carbocycles. The van der Waals surface area contributed by atoms with E-state index >= 15 is 0 Å². The van der Waals surface area contributed by atoms with Crippen LogP contribution in [0.1, 0.15) is 32.1 Å². The maximum absolute atomic E-state index is 11.4. The molecule has 6 heteroatoms. The summed E-state index contributed by atoms with van der Waals surface area (Å²) in [4.78, 5) is 11.3. The monoisotopic (exact) mass is 235 g/mol. The lowest BCUT2D eigenvalue weighted by molar-refractivity contribution is -0.149. The first-order valence-electron chi connectivity index (χ1n) is 4.98. The molecule has 1 aliphatic rings. The van der Waals surface area contributed by atoms with Crippen LogP contribution in [0.25, 0.3) is 0 Å². The Balaban J connectivity index is 3.06. The van der Waals surface area contributed by atoms with Gasteiger partial charge in [-0.3, -0.25) is 4.79 Å². The van der Waals surface area contributed by atoms with Crippen LogP contribution in [0.3, 0.4) is 0 Å². The minimum atomic E-state index is -3.45. The molecule has 0 radical (unpaired) electrons. The Kier molecular flexibility index (Phi) is 3.40. The molecule has 1 saturated carbocycles. The third-order valence-electron chi connectivity index (χ3n) is 3.18. The minimum Gasteiger partial charge on any atom is -0.480 e. The third kappa shape index (κ3) is 2.31. The Morgan fingerprint density at radius 3 is 2.07 bits per heavy atom. The number of nitrogens with zero attached hydrogens (tertiary/aromatic N) is 1. The maximum atomic E-state index is 11.4. The van der Waals surface area contributed by atoms with E-state index < -0.39 is 21.5 Å². The van der Waals surface area contributed by atoms with Crippen LogP contribution in [-0.4, -0.2) is 42.6 Å². The van der Waals surface area contributed by atoms with Crippen LogP contribution in [0.5, 0.6) is 0 Å². The zero-order chi connectivity index (χ0) is 11.7. The second-order valence-corrected chi connectivity index (χ2v) is 6.14. The number of aliphatic carboxylic acids is 1. The Labute approximate surface area is 90.1 Å². The van der Waals surface area contributed by atoms with Crippen molar-refractivity contribution in [3.05, 3.63) is 0 Å². The largest absolute Gasteiger partial charge is 0.480 e. The third-order valence-corrected chi connectivity index (χ3v) is 4.52. The normalized spacial score (nSPS) is 21.5. The number of carboxylic acid groups (broad SMARTS) is 1. The van der Waals surface area contributed by atoms with E-state index in [1.54, 1.807) is 0 Å². The zero-order valence-corrected chi connectivity index (χ0v) is 9.88. The van der Waals surface area contributed by atoms with Crippen molar-refractivity contribution < 1.29 is 18.3 Å². The van der Waals surface area contributed by atoms with Crippen molar-refractivity contribution in [2.45, 2.75) is 37.6 Å². The van der Waals surface area contributed by atoms with Gasteiger partial charge in [0.15, 0.2) is 0 Å². The van der Waals surface area contributed by atoms with Gasteiger partial charge in [0.25, 0.3) is 0 Å². The molecular formula is C9H17NO4S. The first-order valence-corrected chi connectivity index (χ1v) is 6.83. The lowest BCUT2D eigenvalue weighted by Crippen LogP contribution is -2.55. The molecule has 1 N–H and O–H groups in total. The summed E-state index contributed by atoms with van der Waals surface area (Å²) in [5.41, 5.74) is -1.22. The Hall–Kier alpha value is -0.620. The molecule has 0 aromatic heterocycles. The van der Waals surface area contributed by atoms with Gasteiger partial charge >= 0.3 is 5.97 Å². The molecule has 5 nitrogen and oxygen atoms in total. The molecular weight excluding hydrogens is 218 g/mol. The van der Waals surface area contributed by atoms with Crippen molar-refractivity contribution in [2.24, 2.45) is 0 Å². The van der Waals surface area contributed by atoms with Crippen LogP contribution < -0.4 is 0 Å². The lowest BCUT2D eigenvalue weighted by atomic mass is 9.82. The second-order valence-electron chi connectivity index (χ2n) is 4.13. The number of carbonyl (C=O) groups is 1. The van der Waals surface area contributed by atoms with E-state index in [9.17, 15) is 18.3 Å². The van der Waals surface area contributed by atoms with Gasteiger partial charge in [0.2, 0.25) is 10.0 Å². The number of carboxylic acids is 1. The summed E-state index contributed by atoms with van der Waals surface area (Å²) in [6.45, 7) is 0. The van der Waals surface area contributed by atoms with E-state index in [0.717, 1.165) is 29.8 Å². The van der Waals surface area contributed by atoms with Crippen LogP contribution >= 0.6 is 0 Å². The summed E-state index contributed by atoms with van der Waals surface area (Å²) in [6, 6.07) is 0. The molecule has 0 amide bonds. The van der Waals surface area contributed by atoms with E-state index in [0.29, 0.717) is 12.8 Å². The van der Waals surface area contributed by atoms with Crippen LogP contribution in [0.15, 0.2) is 0 Å². The number of sulfonamides is 1. The summed E-state index contributed by atoms with van der Waals surface area (Å²) in [5.74, 6) is -1.03. The van der Waals surface area contributed by atoms with Crippen LogP contribution in [0.2, 0.25) is 0 Å². The second kappa shape index (κ2) is 4.09. The average molecular weight is 235 g/mol. The molecule has 88 valence electrons. The molecule has 1 fully saturated rings. The average Bonchev–Trinajstić information content (AvgIpc) is 2.16. The number of hydrogen-bond acceptors (Lipinski definition) is 3. The molecule has 0 aromatic rings. The van der Waals surface area contributed by atoms with Gasteiger partial charge in [-0.05, 0) is 12.8 Å².